The summed E-state index contributed by atoms with van der Waals surface area (Å²) in [6, 6.07) is 5.63. The van der Waals surface area contributed by atoms with Crippen molar-refractivity contribution in [2.75, 3.05) is 13.2 Å². The van der Waals surface area contributed by atoms with E-state index in [4.69, 9.17) is 9.84 Å². The summed E-state index contributed by atoms with van der Waals surface area (Å²) in [6.45, 7) is 2.57. The van der Waals surface area contributed by atoms with E-state index in [1.165, 1.54) is 0 Å². The lowest BCUT2D eigenvalue weighted by Crippen LogP contribution is -2.02. The Labute approximate surface area is 111 Å². The van der Waals surface area contributed by atoms with Crippen molar-refractivity contribution in [1.29, 1.82) is 0 Å². The van der Waals surface area contributed by atoms with Gasteiger partial charge in [-0.2, -0.15) is 0 Å². The number of aliphatic hydroxyl groups is 2. The monoisotopic (exact) mass is 302 g/mol. The highest BCUT2D eigenvalue weighted by Gasteiger charge is 2.09. The summed E-state index contributed by atoms with van der Waals surface area (Å²) in [5, 5.41) is 18.3. The summed E-state index contributed by atoms with van der Waals surface area (Å²) in [6.07, 6.45) is 2.14. The maximum Gasteiger partial charge on any atom is 0.125 e. The average molecular weight is 303 g/mol. The van der Waals surface area contributed by atoms with Crippen LogP contribution >= 0.6 is 15.9 Å². The molecule has 1 aromatic rings. The van der Waals surface area contributed by atoms with Crippen molar-refractivity contribution in [3.8, 4) is 5.75 Å². The zero-order valence-corrected chi connectivity index (χ0v) is 11.6. The van der Waals surface area contributed by atoms with Crippen LogP contribution in [-0.4, -0.2) is 23.4 Å². The highest BCUT2D eigenvalue weighted by atomic mass is 79.9. The predicted molar refractivity (Wildman–Crippen MR) is 71.2 cm³/mol. The molecular weight excluding hydrogens is 284 g/mol. The largest absolute Gasteiger partial charge is 0.493 e. The first-order chi connectivity index (χ1) is 8.15. The quantitative estimate of drug-likeness (QED) is 0.761. The van der Waals surface area contributed by atoms with Crippen LogP contribution in [0.25, 0.3) is 0 Å². The van der Waals surface area contributed by atoms with E-state index >= 15 is 0 Å². The van der Waals surface area contributed by atoms with Gasteiger partial charge in [0.1, 0.15) is 5.75 Å². The molecule has 0 bridgehead atoms. The first kappa shape index (κ1) is 14.5. The van der Waals surface area contributed by atoms with Gasteiger partial charge < -0.3 is 14.9 Å². The summed E-state index contributed by atoms with van der Waals surface area (Å²) >= 11 is 3.37. The standard InChI is InChI=1S/C13H19BrO3/c1-10(16)12-9-11(14)5-6-13(12)17-8-4-2-3-7-15/h5-6,9-10,15-16H,2-4,7-8H2,1H3/t10-/m0/s1. The van der Waals surface area contributed by atoms with E-state index in [2.05, 4.69) is 15.9 Å². The molecular formula is C13H19BrO3. The minimum Gasteiger partial charge on any atom is -0.493 e. The molecule has 0 saturated carbocycles. The summed E-state index contributed by atoms with van der Waals surface area (Å²) in [5.41, 5.74) is 0.793. The van der Waals surface area contributed by atoms with Crippen LogP contribution in [0.5, 0.6) is 5.75 Å². The molecule has 0 heterocycles. The van der Waals surface area contributed by atoms with Crippen LogP contribution in [0, 0.1) is 0 Å². The number of benzene rings is 1. The molecule has 0 saturated heterocycles. The zero-order valence-electron chi connectivity index (χ0n) is 10.0. The van der Waals surface area contributed by atoms with E-state index in [1.807, 2.05) is 18.2 Å². The minimum absolute atomic E-state index is 0.233. The van der Waals surface area contributed by atoms with Gasteiger partial charge in [-0.1, -0.05) is 15.9 Å². The van der Waals surface area contributed by atoms with Crippen molar-refractivity contribution in [3.63, 3.8) is 0 Å². The third-order valence-electron chi connectivity index (χ3n) is 2.48. The average Bonchev–Trinajstić information content (AvgIpc) is 2.30. The highest BCUT2D eigenvalue weighted by Crippen LogP contribution is 2.28. The van der Waals surface area contributed by atoms with Crippen LogP contribution in [0.3, 0.4) is 0 Å². The van der Waals surface area contributed by atoms with Gasteiger partial charge in [0.25, 0.3) is 0 Å². The van der Waals surface area contributed by atoms with Crippen molar-refractivity contribution in [2.45, 2.75) is 32.3 Å². The van der Waals surface area contributed by atoms with Crippen LogP contribution in [0.2, 0.25) is 0 Å². The number of hydrogen-bond donors (Lipinski definition) is 2. The Hall–Kier alpha value is -0.580. The first-order valence-corrected chi connectivity index (χ1v) is 6.65. The summed E-state index contributed by atoms with van der Waals surface area (Å²) < 4.78 is 6.57. The molecule has 0 aliphatic carbocycles. The van der Waals surface area contributed by atoms with Gasteiger partial charge in [-0.15, -0.1) is 0 Å². The fraction of sp³-hybridized carbons (Fsp3) is 0.538. The van der Waals surface area contributed by atoms with Gasteiger partial charge in [-0.05, 0) is 44.4 Å². The molecule has 0 fully saturated rings. The third kappa shape index (κ3) is 5.06. The fourth-order valence-corrected chi connectivity index (χ4v) is 1.93. The molecule has 2 N–H and O–H groups in total. The number of rotatable bonds is 7. The molecule has 0 radical (unpaired) electrons. The molecule has 0 spiro atoms. The molecule has 1 atom stereocenters. The molecule has 1 rings (SSSR count). The van der Waals surface area contributed by atoms with E-state index in [0.29, 0.717) is 6.61 Å². The normalized spacial score (nSPS) is 12.5. The van der Waals surface area contributed by atoms with Crippen LogP contribution in [0.4, 0.5) is 0 Å². The SMILES string of the molecule is C[C@H](O)c1cc(Br)ccc1OCCCCCO. The van der Waals surface area contributed by atoms with Crippen molar-refractivity contribution in [2.24, 2.45) is 0 Å². The zero-order chi connectivity index (χ0) is 12.7. The molecule has 0 aromatic heterocycles. The molecule has 17 heavy (non-hydrogen) atoms. The molecule has 96 valence electrons. The second-order valence-corrected chi connectivity index (χ2v) is 4.91. The Morgan fingerprint density at radius 3 is 2.71 bits per heavy atom. The number of aliphatic hydroxyl groups excluding tert-OH is 2. The highest BCUT2D eigenvalue weighted by molar-refractivity contribution is 9.10. The Morgan fingerprint density at radius 1 is 1.29 bits per heavy atom. The Morgan fingerprint density at radius 2 is 2.06 bits per heavy atom. The molecule has 1 aromatic carbocycles. The van der Waals surface area contributed by atoms with Gasteiger partial charge in [0.05, 0.1) is 12.7 Å². The first-order valence-electron chi connectivity index (χ1n) is 5.86. The van der Waals surface area contributed by atoms with Gasteiger partial charge in [0.2, 0.25) is 0 Å². The lowest BCUT2D eigenvalue weighted by molar-refractivity contribution is 0.190. The summed E-state index contributed by atoms with van der Waals surface area (Å²) in [5.74, 6) is 0.729. The number of unbranched alkanes of at least 4 members (excludes halogenated alkanes) is 2. The number of ether oxygens (including phenoxy) is 1. The lowest BCUT2D eigenvalue weighted by Gasteiger charge is -2.13. The maximum absolute atomic E-state index is 9.64. The number of halogens is 1. The summed E-state index contributed by atoms with van der Waals surface area (Å²) in [4.78, 5) is 0. The summed E-state index contributed by atoms with van der Waals surface area (Å²) in [7, 11) is 0. The lowest BCUT2D eigenvalue weighted by atomic mass is 10.1. The van der Waals surface area contributed by atoms with Gasteiger partial charge in [0, 0.05) is 16.6 Å². The molecule has 0 aliphatic rings. The van der Waals surface area contributed by atoms with Gasteiger partial charge in [0.15, 0.2) is 0 Å². The third-order valence-corrected chi connectivity index (χ3v) is 2.98. The predicted octanol–water partition coefficient (Wildman–Crippen LogP) is 3.04. The molecule has 0 unspecified atom stereocenters. The van der Waals surface area contributed by atoms with Crippen molar-refractivity contribution in [3.05, 3.63) is 28.2 Å². The molecule has 4 heteroatoms. The Kier molecular flexibility index (Phi) is 6.55. The Balaban J connectivity index is 2.52. The van der Waals surface area contributed by atoms with E-state index in [9.17, 15) is 5.11 Å². The topological polar surface area (TPSA) is 49.7 Å². The van der Waals surface area contributed by atoms with Crippen molar-refractivity contribution >= 4 is 15.9 Å². The fourth-order valence-electron chi connectivity index (χ4n) is 1.55. The van der Waals surface area contributed by atoms with Crippen LogP contribution in [0.1, 0.15) is 37.9 Å². The number of hydrogen-bond acceptors (Lipinski definition) is 3. The van der Waals surface area contributed by atoms with E-state index in [1.54, 1.807) is 6.92 Å². The smallest absolute Gasteiger partial charge is 0.125 e. The van der Waals surface area contributed by atoms with Crippen LogP contribution in [-0.2, 0) is 0 Å². The molecule has 3 nitrogen and oxygen atoms in total. The Bertz CT molecular complexity index is 339. The second kappa shape index (κ2) is 7.69. The van der Waals surface area contributed by atoms with E-state index in [0.717, 1.165) is 35.0 Å². The van der Waals surface area contributed by atoms with Crippen molar-refractivity contribution in [1.82, 2.24) is 0 Å². The second-order valence-electron chi connectivity index (χ2n) is 3.99. The van der Waals surface area contributed by atoms with Gasteiger partial charge >= 0.3 is 0 Å². The molecule has 0 aliphatic heterocycles. The van der Waals surface area contributed by atoms with Crippen LogP contribution < -0.4 is 4.74 Å². The van der Waals surface area contributed by atoms with Crippen LogP contribution in [0.15, 0.2) is 22.7 Å². The minimum atomic E-state index is -0.542. The molecule has 0 amide bonds. The van der Waals surface area contributed by atoms with Gasteiger partial charge in [-0.25, -0.2) is 0 Å². The van der Waals surface area contributed by atoms with E-state index in [-0.39, 0.29) is 6.61 Å². The maximum atomic E-state index is 9.64. The van der Waals surface area contributed by atoms with Crippen molar-refractivity contribution < 1.29 is 14.9 Å². The van der Waals surface area contributed by atoms with Gasteiger partial charge in [-0.3, -0.25) is 0 Å². The van der Waals surface area contributed by atoms with E-state index < -0.39 is 6.10 Å².